The van der Waals surface area contributed by atoms with Crippen LogP contribution < -0.4 is 15.0 Å². The fourth-order valence-corrected chi connectivity index (χ4v) is 3.26. The zero-order valence-corrected chi connectivity index (χ0v) is 16.1. The molecule has 0 atom stereocenters. The maximum absolute atomic E-state index is 12.7. The van der Waals surface area contributed by atoms with Gasteiger partial charge < -0.3 is 14.5 Å². The predicted molar refractivity (Wildman–Crippen MR) is 108 cm³/mol. The van der Waals surface area contributed by atoms with Crippen molar-refractivity contribution in [3.63, 3.8) is 0 Å². The Kier molecular flexibility index (Phi) is 5.12. The summed E-state index contributed by atoms with van der Waals surface area (Å²) >= 11 is 6.00. The second-order valence-corrected chi connectivity index (χ2v) is 6.74. The number of piperazine rings is 1. The SMILES string of the molecule is COc1nc2cc(Cl)ccc2nc1NC(=O)N1CCN(c2ccccn2)CC1. The van der Waals surface area contributed by atoms with Crippen LogP contribution in [-0.4, -0.2) is 59.2 Å². The van der Waals surface area contributed by atoms with Gasteiger partial charge in [-0.1, -0.05) is 17.7 Å². The summed E-state index contributed by atoms with van der Waals surface area (Å²) in [6.45, 7) is 2.59. The highest BCUT2D eigenvalue weighted by atomic mass is 35.5. The molecule has 2 amide bonds. The predicted octanol–water partition coefficient (Wildman–Crippen LogP) is 3.04. The van der Waals surface area contributed by atoms with Crippen molar-refractivity contribution in [2.24, 2.45) is 0 Å². The number of hydrogen-bond donors (Lipinski definition) is 1. The highest BCUT2D eigenvalue weighted by Crippen LogP contribution is 2.25. The summed E-state index contributed by atoms with van der Waals surface area (Å²) in [5.41, 5.74) is 1.23. The van der Waals surface area contributed by atoms with E-state index < -0.39 is 0 Å². The first-order valence-electron chi connectivity index (χ1n) is 8.87. The molecule has 3 heterocycles. The molecule has 144 valence electrons. The molecule has 1 fully saturated rings. The summed E-state index contributed by atoms with van der Waals surface area (Å²) in [5.74, 6) is 1.45. The van der Waals surface area contributed by atoms with Crippen LogP contribution in [0.5, 0.6) is 5.88 Å². The number of amides is 2. The monoisotopic (exact) mass is 398 g/mol. The summed E-state index contributed by atoms with van der Waals surface area (Å²) in [5, 5.41) is 3.38. The minimum absolute atomic E-state index is 0.235. The van der Waals surface area contributed by atoms with Crippen LogP contribution in [0.15, 0.2) is 42.6 Å². The zero-order valence-electron chi connectivity index (χ0n) is 15.3. The molecular weight excluding hydrogens is 380 g/mol. The maximum Gasteiger partial charge on any atom is 0.323 e. The molecule has 1 saturated heterocycles. The van der Waals surface area contributed by atoms with Crippen molar-refractivity contribution >= 4 is 40.3 Å². The van der Waals surface area contributed by atoms with Crippen LogP contribution in [0.1, 0.15) is 0 Å². The molecule has 1 aliphatic heterocycles. The summed E-state index contributed by atoms with van der Waals surface area (Å²) < 4.78 is 5.29. The van der Waals surface area contributed by atoms with Gasteiger partial charge in [-0.15, -0.1) is 0 Å². The minimum Gasteiger partial charge on any atom is -0.478 e. The van der Waals surface area contributed by atoms with Gasteiger partial charge in [0.05, 0.1) is 18.1 Å². The van der Waals surface area contributed by atoms with E-state index in [0.717, 1.165) is 5.82 Å². The molecule has 9 heteroatoms. The lowest BCUT2D eigenvalue weighted by molar-refractivity contribution is 0.208. The highest BCUT2D eigenvalue weighted by Gasteiger charge is 2.23. The Hall–Kier alpha value is -3.13. The van der Waals surface area contributed by atoms with Gasteiger partial charge >= 0.3 is 6.03 Å². The lowest BCUT2D eigenvalue weighted by Gasteiger charge is -2.35. The lowest BCUT2D eigenvalue weighted by atomic mass is 10.3. The number of rotatable bonds is 3. The lowest BCUT2D eigenvalue weighted by Crippen LogP contribution is -2.50. The molecule has 8 nitrogen and oxygen atoms in total. The van der Waals surface area contributed by atoms with Crippen LogP contribution in [0.2, 0.25) is 5.02 Å². The van der Waals surface area contributed by atoms with E-state index in [1.54, 1.807) is 29.3 Å². The van der Waals surface area contributed by atoms with Crippen LogP contribution in [0.3, 0.4) is 0 Å². The first kappa shape index (κ1) is 18.2. The average molecular weight is 399 g/mol. The maximum atomic E-state index is 12.7. The number of carbonyl (C=O) groups excluding carboxylic acids is 1. The number of pyridine rings is 1. The molecule has 0 radical (unpaired) electrons. The summed E-state index contributed by atoms with van der Waals surface area (Å²) in [6, 6.07) is 10.8. The zero-order chi connectivity index (χ0) is 19.5. The molecule has 0 bridgehead atoms. The second kappa shape index (κ2) is 7.85. The molecule has 28 heavy (non-hydrogen) atoms. The third-order valence-corrected chi connectivity index (χ3v) is 4.79. The van der Waals surface area contributed by atoms with E-state index in [4.69, 9.17) is 16.3 Å². The number of carbonyl (C=O) groups is 1. The van der Waals surface area contributed by atoms with Crippen molar-refractivity contribution < 1.29 is 9.53 Å². The number of methoxy groups -OCH3 is 1. The Morgan fingerprint density at radius 2 is 1.93 bits per heavy atom. The van der Waals surface area contributed by atoms with Gasteiger partial charge in [0.2, 0.25) is 0 Å². The first-order valence-corrected chi connectivity index (χ1v) is 9.25. The topological polar surface area (TPSA) is 83.5 Å². The minimum atomic E-state index is -0.235. The van der Waals surface area contributed by atoms with Crippen LogP contribution in [-0.2, 0) is 0 Å². The Morgan fingerprint density at radius 1 is 1.11 bits per heavy atom. The molecule has 0 saturated carbocycles. The molecule has 4 rings (SSSR count). The first-order chi connectivity index (χ1) is 13.6. The molecule has 1 N–H and O–H groups in total. The smallest absolute Gasteiger partial charge is 0.323 e. The Balaban J connectivity index is 1.46. The Bertz CT molecular complexity index is 992. The number of hydrogen-bond acceptors (Lipinski definition) is 6. The largest absolute Gasteiger partial charge is 0.478 e. The van der Waals surface area contributed by atoms with Crippen LogP contribution >= 0.6 is 11.6 Å². The number of aromatic nitrogens is 3. The second-order valence-electron chi connectivity index (χ2n) is 6.31. The quantitative estimate of drug-likeness (QED) is 0.730. The van der Waals surface area contributed by atoms with E-state index in [0.29, 0.717) is 42.2 Å². The number of nitrogens with one attached hydrogen (secondary N) is 1. The standard InChI is InChI=1S/C19H19ClN6O2/c1-28-18-17(22-14-6-5-13(20)12-15(14)23-18)24-19(27)26-10-8-25(9-11-26)16-4-2-3-7-21-16/h2-7,12H,8-11H2,1H3,(H,22,24,27). The Labute approximate surface area is 167 Å². The van der Waals surface area contributed by atoms with Crippen molar-refractivity contribution in [3.8, 4) is 5.88 Å². The number of nitrogens with zero attached hydrogens (tertiary/aromatic N) is 5. The van der Waals surface area contributed by atoms with Gasteiger partial charge in [0.15, 0.2) is 5.82 Å². The van der Waals surface area contributed by atoms with Gasteiger partial charge in [-0.25, -0.2) is 19.7 Å². The fraction of sp³-hybridized carbons (Fsp3) is 0.263. The van der Waals surface area contributed by atoms with Crippen LogP contribution in [0.25, 0.3) is 11.0 Å². The van der Waals surface area contributed by atoms with Crippen LogP contribution in [0.4, 0.5) is 16.4 Å². The molecule has 3 aromatic rings. The van der Waals surface area contributed by atoms with Crippen molar-refractivity contribution in [2.45, 2.75) is 0 Å². The van der Waals surface area contributed by atoms with E-state index in [1.807, 2.05) is 18.2 Å². The van der Waals surface area contributed by atoms with E-state index in [1.165, 1.54) is 7.11 Å². The number of anilines is 2. The summed E-state index contributed by atoms with van der Waals surface area (Å²) in [7, 11) is 1.49. The van der Waals surface area contributed by atoms with Gasteiger partial charge in [-0.3, -0.25) is 5.32 Å². The van der Waals surface area contributed by atoms with Gasteiger partial charge in [0, 0.05) is 37.4 Å². The fourth-order valence-electron chi connectivity index (χ4n) is 3.09. The third kappa shape index (κ3) is 3.77. The van der Waals surface area contributed by atoms with E-state index in [2.05, 4.69) is 25.2 Å². The molecular formula is C19H19ClN6O2. The van der Waals surface area contributed by atoms with Crippen molar-refractivity contribution in [2.75, 3.05) is 43.5 Å². The van der Waals surface area contributed by atoms with Gasteiger partial charge in [-0.05, 0) is 30.3 Å². The highest BCUT2D eigenvalue weighted by molar-refractivity contribution is 6.31. The number of benzene rings is 1. The number of fused-ring (bicyclic) bond motifs is 1. The number of halogens is 1. The summed E-state index contributed by atoms with van der Waals surface area (Å²) in [4.78, 5) is 29.8. The molecule has 0 aliphatic carbocycles. The van der Waals surface area contributed by atoms with Gasteiger partial charge in [0.1, 0.15) is 5.82 Å². The molecule has 1 aliphatic rings. The van der Waals surface area contributed by atoms with Gasteiger partial charge in [0.25, 0.3) is 5.88 Å². The molecule has 0 unspecified atom stereocenters. The number of ether oxygens (including phenoxy) is 1. The average Bonchev–Trinajstić information content (AvgIpc) is 2.74. The van der Waals surface area contributed by atoms with Crippen molar-refractivity contribution in [1.29, 1.82) is 0 Å². The number of urea groups is 1. The van der Waals surface area contributed by atoms with Crippen LogP contribution in [0, 0.1) is 0 Å². The van der Waals surface area contributed by atoms with Crippen molar-refractivity contribution in [3.05, 3.63) is 47.6 Å². The van der Waals surface area contributed by atoms with Crippen molar-refractivity contribution in [1.82, 2.24) is 19.9 Å². The molecule has 0 spiro atoms. The third-order valence-electron chi connectivity index (χ3n) is 4.55. The molecule has 1 aromatic carbocycles. The van der Waals surface area contributed by atoms with E-state index in [9.17, 15) is 4.79 Å². The Morgan fingerprint density at radius 3 is 2.64 bits per heavy atom. The van der Waals surface area contributed by atoms with Gasteiger partial charge in [-0.2, -0.15) is 0 Å². The normalized spacial score (nSPS) is 14.2. The summed E-state index contributed by atoms with van der Waals surface area (Å²) in [6.07, 6.45) is 1.77. The molecule has 2 aromatic heterocycles. The van der Waals surface area contributed by atoms with E-state index >= 15 is 0 Å². The van der Waals surface area contributed by atoms with E-state index in [-0.39, 0.29) is 17.7 Å².